The molecule has 1 aromatic rings. The van der Waals surface area contributed by atoms with Gasteiger partial charge in [0.2, 0.25) is 0 Å². The second kappa shape index (κ2) is 4.05. The molecule has 0 saturated heterocycles. The average molecular weight is 190 g/mol. The van der Waals surface area contributed by atoms with Crippen LogP contribution < -0.4 is 5.19 Å². The Morgan fingerprint density at radius 3 is 2.08 bits per heavy atom. The highest BCUT2D eigenvalue weighted by molar-refractivity contribution is 7.08. The zero-order chi connectivity index (χ0) is 9.03. The quantitative estimate of drug-likeness (QED) is 0.625. The zero-order valence-electron chi connectivity index (χ0n) is 7.89. The third-order valence-electron chi connectivity index (χ3n) is 1.36. The van der Waals surface area contributed by atoms with Gasteiger partial charge in [-0.05, 0) is 5.04 Å². The summed E-state index contributed by atoms with van der Waals surface area (Å²) in [5.74, 6) is 0. The van der Waals surface area contributed by atoms with Crippen LogP contribution in [0.15, 0.2) is 30.3 Å². The molecule has 0 unspecified atom stereocenters. The van der Waals surface area contributed by atoms with E-state index in [1.54, 1.807) is 0 Å². The fourth-order valence-electron chi connectivity index (χ4n) is 0.781. The summed E-state index contributed by atoms with van der Waals surface area (Å²) in [7, 11) is 2.03. The molecule has 12 heavy (non-hydrogen) atoms. The van der Waals surface area contributed by atoms with Gasteiger partial charge in [-0.1, -0.05) is 56.3 Å². The van der Waals surface area contributed by atoms with Gasteiger partial charge in [-0.2, -0.15) is 0 Å². The molecule has 4 radical (unpaired) electrons. The highest BCUT2D eigenvalue weighted by atomic mass is 29.1. The second-order valence-electron chi connectivity index (χ2n) is 3.87. The maximum atomic E-state index is 2.31. The molecular weight excluding hydrogens is 176 g/mol. The van der Waals surface area contributed by atoms with Gasteiger partial charge in [-0.25, -0.2) is 0 Å². The number of hydrogen-bond acceptors (Lipinski definition) is 0. The van der Waals surface area contributed by atoms with Gasteiger partial charge in [0.15, 0.2) is 0 Å². The molecule has 0 saturated carbocycles. The van der Waals surface area contributed by atoms with Crippen LogP contribution in [0.2, 0.25) is 5.04 Å². The molecule has 0 fully saturated rings. The first-order valence-electron chi connectivity index (χ1n) is 4.16. The topological polar surface area (TPSA) is 0 Å². The Kier molecular flexibility index (Phi) is 3.29. The van der Waals surface area contributed by atoms with Crippen LogP contribution in [0.4, 0.5) is 0 Å². The van der Waals surface area contributed by atoms with Crippen molar-refractivity contribution in [3.8, 4) is 0 Å². The van der Waals surface area contributed by atoms with Crippen molar-refractivity contribution in [2.24, 2.45) is 0 Å². The number of hydrogen-bond donors (Lipinski definition) is 0. The molecule has 0 bridgehead atoms. The Bertz CT molecular complexity index is 223. The summed E-state index contributed by atoms with van der Waals surface area (Å²) in [6.45, 7) is 6.92. The SMILES string of the molecule is CC(C)(C)[Si][Si]c1ccccc1. The number of benzene rings is 1. The van der Waals surface area contributed by atoms with Crippen LogP contribution in [0.1, 0.15) is 20.8 Å². The van der Waals surface area contributed by atoms with Crippen LogP contribution in [0.3, 0.4) is 0 Å². The predicted octanol–water partition coefficient (Wildman–Crippen LogP) is 1.85. The predicted molar refractivity (Wildman–Crippen MR) is 57.3 cm³/mol. The fraction of sp³-hybridized carbons (Fsp3) is 0.400. The van der Waals surface area contributed by atoms with E-state index in [1.807, 2.05) is 0 Å². The van der Waals surface area contributed by atoms with Crippen molar-refractivity contribution < 1.29 is 0 Å². The molecule has 0 N–H and O–H groups in total. The van der Waals surface area contributed by atoms with Crippen molar-refractivity contribution in [3.63, 3.8) is 0 Å². The molecule has 0 aliphatic rings. The molecule has 2 heteroatoms. The van der Waals surface area contributed by atoms with Crippen LogP contribution in [-0.4, -0.2) is 18.1 Å². The highest BCUT2D eigenvalue weighted by Crippen LogP contribution is 2.18. The average Bonchev–Trinajstić information content (AvgIpc) is 2.02. The molecule has 0 heterocycles. The van der Waals surface area contributed by atoms with E-state index < -0.39 is 0 Å². The van der Waals surface area contributed by atoms with Gasteiger partial charge in [-0.3, -0.25) is 0 Å². The summed E-state index contributed by atoms with van der Waals surface area (Å²) in [5, 5.41) is 1.99. The van der Waals surface area contributed by atoms with Gasteiger partial charge in [-0.15, -0.1) is 0 Å². The van der Waals surface area contributed by atoms with Gasteiger partial charge < -0.3 is 0 Å². The molecule has 0 aromatic heterocycles. The van der Waals surface area contributed by atoms with Crippen LogP contribution in [0.5, 0.6) is 0 Å². The third-order valence-corrected chi connectivity index (χ3v) is 6.34. The Hall–Kier alpha value is -0.346. The summed E-state index contributed by atoms with van der Waals surface area (Å²) in [6, 6.07) is 10.8. The minimum Gasteiger partial charge on any atom is -0.0678 e. The lowest BCUT2D eigenvalue weighted by Gasteiger charge is -2.15. The summed E-state index contributed by atoms with van der Waals surface area (Å²) < 4.78 is 0. The fourth-order valence-corrected chi connectivity index (χ4v) is 3.72. The lowest BCUT2D eigenvalue weighted by atomic mass is 10.3. The summed E-state index contributed by atoms with van der Waals surface area (Å²) >= 11 is 0. The van der Waals surface area contributed by atoms with Gasteiger partial charge in [0.25, 0.3) is 0 Å². The van der Waals surface area contributed by atoms with Crippen LogP contribution in [0, 0.1) is 0 Å². The molecule has 0 atom stereocenters. The summed E-state index contributed by atoms with van der Waals surface area (Å²) in [4.78, 5) is 0. The van der Waals surface area contributed by atoms with Gasteiger partial charge in [0, 0.05) is 9.04 Å². The van der Waals surface area contributed by atoms with Crippen molar-refractivity contribution in [2.45, 2.75) is 25.8 Å². The lowest BCUT2D eigenvalue weighted by Crippen LogP contribution is -2.26. The molecule has 62 valence electrons. The largest absolute Gasteiger partial charge is 0.0678 e. The first kappa shape index (κ1) is 9.74. The van der Waals surface area contributed by atoms with E-state index in [4.69, 9.17) is 0 Å². The highest BCUT2D eigenvalue weighted by Gasteiger charge is 2.11. The van der Waals surface area contributed by atoms with Crippen molar-refractivity contribution in [3.05, 3.63) is 30.3 Å². The van der Waals surface area contributed by atoms with Crippen LogP contribution in [-0.2, 0) is 0 Å². The summed E-state index contributed by atoms with van der Waals surface area (Å²) in [6.07, 6.45) is 0. The molecule has 0 aliphatic carbocycles. The molecule has 1 aromatic carbocycles. The first-order valence-corrected chi connectivity index (χ1v) is 7.16. The molecule has 0 amide bonds. The van der Waals surface area contributed by atoms with E-state index in [0.29, 0.717) is 5.04 Å². The van der Waals surface area contributed by atoms with Crippen molar-refractivity contribution in [1.29, 1.82) is 0 Å². The van der Waals surface area contributed by atoms with E-state index in [0.717, 1.165) is 18.1 Å². The lowest BCUT2D eigenvalue weighted by molar-refractivity contribution is 0.763. The van der Waals surface area contributed by atoms with Gasteiger partial charge >= 0.3 is 0 Å². The van der Waals surface area contributed by atoms with E-state index in [-0.39, 0.29) is 0 Å². The standard InChI is InChI=1S/C10H14Si2/c1-10(2,3)12-11-9-7-5-4-6-8-9/h4-8H,1-3H3. The first-order chi connectivity index (χ1) is 5.58. The second-order valence-corrected chi connectivity index (χ2v) is 7.94. The van der Waals surface area contributed by atoms with Gasteiger partial charge in [0.1, 0.15) is 0 Å². The summed E-state index contributed by atoms with van der Waals surface area (Å²) in [5.41, 5.74) is 0. The monoisotopic (exact) mass is 190 g/mol. The molecular formula is C10H14Si2. The maximum Gasteiger partial charge on any atom is 0.0652 e. The van der Waals surface area contributed by atoms with E-state index in [1.165, 1.54) is 5.19 Å². The smallest absolute Gasteiger partial charge is 0.0652 e. The van der Waals surface area contributed by atoms with E-state index in [9.17, 15) is 0 Å². The molecule has 0 spiro atoms. The van der Waals surface area contributed by atoms with Crippen LogP contribution >= 0.6 is 0 Å². The Balaban J connectivity index is 2.44. The molecule has 0 aliphatic heterocycles. The van der Waals surface area contributed by atoms with Crippen molar-refractivity contribution in [2.75, 3.05) is 0 Å². The Morgan fingerprint density at radius 2 is 1.58 bits per heavy atom. The third kappa shape index (κ3) is 3.88. The number of rotatable bonds is 2. The maximum absolute atomic E-state index is 2.31. The molecule has 0 nitrogen and oxygen atoms in total. The Labute approximate surface area is 79.8 Å². The van der Waals surface area contributed by atoms with Crippen molar-refractivity contribution in [1.82, 2.24) is 0 Å². The van der Waals surface area contributed by atoms with Gasteiger partial charge in [0.05, 0.1) is 9.04 Å². The minimum absolute atomic E-state index is 0.494. The zero-order valence-corrected chi connectivity index (χ0v) is 9.89. The van der Waals surface area contributed by atoms with E-state index in [2.05, 4.69) is 51.1 Å². The molecule has 1 rings (SSSR count). The van der Waals surface area contributed by atoms with Crippen molar-refractivity contribution >= 4 is 23.3 Å². The van der Waals surface area contributed by atoms with Crippen LogP contribution in [0.25, 0.3) is 0 Å². The normalized spacial score (nSPS) is 11.6. The minimum atomic E-state index is 0.494. The Morgan fingerprint density at radius 1 is 1.00 bits per heavy atom. The van der Waals surface area contributed by atoms with E-state index >= 15 is 0 Å².